The molecule has 0 saturated carbocycles. The third-order valence-electron chi connectivity index (χ3n) is 0.0781. The van der Waals surface area contributed by atoms with E-state index in [9.17, 15) is 0 Å². The Kier molecular flexibility index (Phi) is 9.13. The van der Waals surface area contributed by atoms with Crippen LogP contribution in [-0.2, 0) is 11.1 Å². The zero-order valence-electron chi connectivity index (χ0n) is 2.21. The van der Waals surface area contributed by atoms with Gasteiger partial charge in [0.05, 0.1) is 0 Å². The van der Waals surface area contributed by atoms with E-state index in [-0.39, 0.29) is 29.6 Å². The van der Waals surface area contributed by atoms with Crippen LogP contribution in [0, 0.1) is 10.7 Å². The van der Waals surface area contributed by atoms with Gasteiger partial charge in [0.15, 0.2) is 5.40 Å². The maximum absolute atomic E-state index is 9.12. The number of hydrogen-bond donors (Lipinski definition) is 1. The summed E-state index contributed by atoms with van der Waals surface area (Å²) in [5, 5.41) is 8.40. The van der Waals surface area contributed by atoms with Crippen LogP contribution in [0.4, 0.5) is 0 Å². The van der Waals surface area contributed by atoms with Gasteiger partial charge in [0.25, 0.3) is 11.1 Å². The average Bonchev–Trinajstić information content (AvgIpc) is 1.38. The molecule has 3 nitrogen and oxygen atoms in total. The molecule has 0 spiro atoms. The monoisotopic (exact) mass is 115 g/mol. The molecule has 0 bridgehead atoms. The predicted octanol–water partition coefficient (Wildman–Crippen LogP) is -0.959. The standard InChI is InChI=1S/CHNO2S.Na.H/c2-1-5(3)4;;/h(H,3,4);;. The van der Waals surface area contributed by atoms with Gasteiger partial charge in [-0.15, -0.1) is 0 Å². The van der Waals surface area contributed by atoms with Gasteiger partial charge >= 0.3 is 29.6 Å². The van der Waals surface area contributed by atoms with Crippen LogP contribution in [0.15, 0.2) is 0 Å². The summed E-state index contributed by atoms with van der Waals surface area (Å²) in [4.78, 5) is 0. The first kappa shape index (κ1) is 9.78. The first-order valence-electron chi connectivity index (χ1n) is 0.777. The fourth-order valence-electron chi connectivity index (χ4n) is 0. The zero-order valence-corrected chi connectivity index (χ0v) is 3.03. The molecule has 5 heteroatoms. The molecule has 30 valence electrons. The van der Waals surface area contributed by atoms with Crippen molar-refractivity contribution in [2.75, 3.05) is 0 Å². The summed E-state index contributed by atoms with van der Waals surface area (Å²) in [6.45, 7) is 0. The van der Waals surface area contributed by atoms with E-state index in [4.69, 9.17) is 14.0 Å². The van der Waals surface area contributed by atoms with E-state index < -0.39 is 11.1 Å². The molecule has 0 aliphatic rings. The van der Waals surface area contributed by atoms with Crippen LogP contribution in [0.5, 0.6) is 0 Å². The molecule has 0 fully saturated rings. The minimum absolute atomic E-state index is 0. The third-order valence-corrected chi connectivity index (χ3v) is 0.234. The average molecular weight is 115 g/mol. The van der Waals surface area contributed by atoms with Crippen LogP contribution in [0.2, 0.25) is 0 Å². The SMILES string of the molecule is N#CS(=O)O.[NaH]. The van der Waals surface area contributed by atoms with E-state index in [0.717, 1.165) is 5.40 Å². The fourth-order valence-corrected chi connectivity index (χ4v) is 0. The number of nitrogens with zero attached hydrogens (tertiary/aromatic N) is 1. The second kappa shape index (κ2) is 5.60. The molecule has 0 amide bonds. The molecule has 1 N–H and O–H groups in total. The Labute approximate surface area is 59.9 Å². The van der Waals surface area contributed by atoms with Gasteiger partial charge in [-0.25, -0.2) is 4.21 Å². The van der Waals surface area contributed by atoms with E-state index in [0.29, 0.717) is 0 Å². The van der Waals surface area contributed by atoms with Crippen LogP contribution in [-0.4, -0.2) is 38.3 Å². The molecule has 1 unspecified atom stereocenters. The van der Waals surface area contributed by atoms with E-state index in [1.165, 1.54) is 0 Å². The molecule has 0 aromatic rings. The van der Waals surface area contributed by atoms with Gasteiger partial charge in [0.2, 0.25) is 0 Å². The van der Waals surface area contributed by atoms with Crippen LogP contribution in [0.1, 0.15) is 0 Å². The Morgan fingerprint density at radius 3 is 2.00 bits per heavy atom. The second-order valence-electron chi connectivity index (χ2n) is 0.340. The van der Waals surface area contributed by atoms with E-state index in [2.05, 4.69) is 0 Å². The quantitative estimate of drug-likeness (QED) is 0.251. The van der Waals surface area contributed by atoms with Gasteiger partial charge in [0.1, 0.15) is 0 Å². The predicted molar refractivity (Wildman–Crippen MR) is 23.5 cm³/mol. The molecule has 0 heterocycles. The van der Waals surface area contributed by atoms with Crippen molar-refractivity contribution in [1.82, 2.24) is 0 Å². The third kappa shape index (κ3) is 8.82. The van der Waals surface area contributed by atoms with Crippen molar-refractivity contribution in [1.29, 1.82) is 5.26 Å². The Morgan fingerprint density at radius 1 is 1.83 bits per heavy atom. The minimum atomic E-state index is -2.27. The van der Waals surface area contributed by atoms with Crippen molar-refractivity contribution < 1.29 is 8.76 Å². The van der Waals surface area contributed by atoms with Gasteiger partial charge in [-0.3, -0.25) is 4.55 Å². The Hall–Kier alpha value is 0.600. The van der Waals surface area contributed by atoms with Crippen molar-refractivity contribution in [2.45, 2.75) is 0 Å². The van der Waals surface area contributed by atoms with Gasteiger partial charge < -0.3 is 0 Å². The summed E-state index contributed by atoms with van der Waals surface area (Å²) < 4.78 is 16.6. The molecule has 0 radical (unpaired) electrons. The number of hydrogen-bond acceptors (Lipinski definition) is 2. The molecule has 6 heavy (non-hydrogen) atoms. The first-order chi connectivity index (χ1) is 2.27. The van der Waals surface area contributed by atoms with Gasteiger partial charge in [-0.2, -0.15) is 5.26 Å². The molecule has 0 aliphatic carbocycles. The first-order valence-corrected chi connectivity index (χ1v) is 1.88. The van der Waals surface area contributed by atoms with Crippen molar-refractivity contribution in [2.24, 2.45) is 0 Å². The summed E-state index contributed by atoms with van der Waals surface area (Å²) in [5.74, 6) is 0. The second-order valence-corrected chi connectivity index (χ2v) is 1.02. The normalized spacial score (nSPS) is 10.7. The number of thiocyanates is 1. The zero-order chi connectivity index (χ0) is 4.28. The molecule has 0 aromatic heterocycles. The van der Waals surface area contributed by atoms with E-state index >= 15 is 0 Å². The van der Waals surface area contributed by atoms with E-state index in [1.807, 2.05) is 0 Å². The number of nitriles is 1. The topological polar surface area (TPSA) is 61.1 Å². The molecular formula is CH2NNaO2S. The fraction of sp³-hybridized carbons (Fsp3) is 0. The summed E-state index contributed by atoms with van der Waals surface area (Å²) in [6.07, 6.45) is 0. The summed E-state index contributed by atoms with van der Waals surface area (Å²) in [7, 11) is 0. The molecule has 0 aliphatic heterocycles. The van der Waals surface area contributed by atoms with E-state index in [1.54, 1.807) is 0 Å². The Morgan fingerprint density at radius 2 is 2.00 bits per heavy atom. The summed E-state index contributed by atoms with van der Waals surface area (Å²) in [6, 6.07) is 0. The Bertz CT molecular complexity index is 86.0. The van der Waals surface area contributed by atoms with Gasteiger partial charge in [-0.05, 0) is 0 Å². The van der Waals surface area contributed by atoms with Gasteiger partial charge in [0, 0.05) is 0 Å². The maximum atomic E-state index is 9.12. The van der Waals surface area contributed by atoms with Crippen LogP contribution in [0.3, 0.4) is 0 Å². The Balaban J connectivity index is 0. The van der Waals surface area contributed by atoms with Crippen LogP contribution in [0.25, 0.3) is 0 Å². The molecule has 0 saturated heterocycles. The molecule has 0 rings (SSSR count). The summed E-state index contributed by atoms with van der Waals surface area (Å²) in [5.41, 5.74) is 0. The van der Waals surface area contributed by atoms with Crippen LogP contribution < -0.4 is 0 Å². The van der Waals surface area contributed by atoms with Crippen molar-refractivity contribution >= 4 is 40.6 Å². The van der Waals surface area contributed by atoms with Crippen LogP contribution >= 0.6 is 0 Å². The molecular weight excluding hydrogens is 113 g/mol. The molecule has 1 atom stereocenters. The van der Waals surface area contributed by atoms with Crippen molar-refractivity contribution in [3.05, 3.63) is 0 Å². The van der Waals surface area contributed by atoms with Gasteiger partial charge in [-0.1, -0.05) is 0 Å². The van der Waals surface area contributed by atoms with Crippen molar-refractivity contribution in [3.63, 3.8) is 0 Å². The molecule has 0 aromatic carbocycles. The number of rotatable bonds is 0. The summed E-state index contributed by atoms with van der Waals surface area (Å²) >= 11 is -2.27. The van der Waals surface area contributed by atoms with Crippen molar-refractivity contribution in [3.8, 4) is 5.40 Å².